The summed E-state index contributed by atoms with van der Waals surface area (Å²) in [4.78, 5) is 21.8. The van der Waals surface area contributed by atoms with E-state index < -0.39 is 12.1 Å². The van der Waals surface area contributed by atoms with Gasteiger partial charge < -0.3 is 14.2 Å². The lowest BCUT2D eigenvalue weighted by Gasteiger charge is -2.15. The van der Waals surface area contributed by atoms with Crippen molar-refractivity contribution in [2.45, 2.75) is 13.0 Å². The van der Waals surface area contributed by atoms with E-state index in [-0.39, 0.29) is 0 Å². The van der Waals surface area contributed by atoms with Gasteiger partial charge in [0.25, 0.3) is 0 Å². The van der Waals surface area contributed by atoms with E-state index in [9.17, 15) is 9.59 Å². The monoisotopic (exact) mass is 238 g/mol. The quantitative estimate of drug-likeness (QED) is 0.574. The standard InChI is InChI=1S/C12H14O5/c1-8(12(14)16-3)17-10-5-4-9(7-13)6-11(10)15-2/h4-8H,1-3H3/t8-/m1/s1. The Balaban J connectivity index is 2.90. The first kappa shape index (κ1) is 13.0. The first-order chi connectivity index (χ1) is 8.12. The van der Waals surface area contributed by atoms with Crippen molar-refractivity contribution in [2.24, 2.45) is 0 Å². The molecule has 1 aromatic rings. The summed E-state index contributed by atoms with van der Waals surface area (Å²) < 4.78 is 15.0. The molecule has 0 fully saturated rings. The smallest absolute Gasteiger partial charge is 0.346 e. The van der Waals surface area contributed by atoms with Gasteiger partial charge >= 0.3 is 5.97 Å². The van der Waals surface area contributed by atoms with Gasteiger partial charge in [-0.3, -0.25) is 4.79 Å². The number of methoxy groups -OCH3 is 2. The summed E-state index contributed by atoms with van der Waals surface area (Å²) in [6, 6.07) is 4.68. The van der Waals surface area contributed by atoms with E-state index in [1.807, 2.05) is 0 Å². The minimum Gasteiger partial charge on any atom is -0.493 e. The Hall–Kier alpha value is -2.04. The Morgan fingerprint density at radius 2 is 2.00 bits per heavy atom. The number of carbonyl (C=O) groups is 2. The van der Waals surface area contributed by atoms with Crippen molar-refractivity contribution in [3.05, 3.63) is 23.8 Å². The minimum atomic E-state index is -0.740. The van der Waals surface area contributed by atoms with Crippen LogP contribution in [0.3, 0.4) is 0 Å². The maximum Gasteiger partial charge on any atom is 0.346 e. The van der Waals surface area contributed by atoms with Gasteiger partial charge in [0.1, 0.15) is 6.29 Å². The van der Waals surface area contributed by atoms with E-state index in [0.717, 1.165) is 0 Å². The van der Waals surface area contributed by atoms with Crippen LogP contribution in [0.15, 0.2) is 18.2 Å². The third-order valence-electron chi connectivity index (χ3n) is 2.16. The van der Waals surface area contributed by atoms with Crippen molar-refractivity contribution in [3.8, 4) is 11.5 Å². The summed E-state index contributed by atoms with van der Waals surface area (Å²) >= 11 is 0. The lowest BCUT2D eigenvalue weighted by Crippen LogP contribution is -2.25. The second-order valence-corrected chi connectivity index (χ2v) is 3.31. The highest BCUT2D eigenvalue weighted by atomic mass is 16.6. The summed E-state index contributed by atoms with van der Waals surface area (Å²) in [5, 5.41) is 0. The third-order valence-corrected chi connectivity index (χ3v) is 2.16. The molecule has 0 aliphatic heterocycles. The lowest BCUT2D eigenvalue weighted by molar-refractivity contribution is -0.147. The normalized spacial score (nSPS) is 11.5. The molecule has 0 saturated heterocycles. The Morgan fingerprint density at radius 3 is 2.53 bits per heavy atom. The molecule has 17 heavy (non-hydrogen) atoms. The molecule has 5 nitrogen and oxygen atoms in total. The number of esters is 1. The Kier molecular flexibility index (Phi) is 4.51. The van der Waals surface area contributed by atoms with Crippen LogP contribution in [0.25, 0.3) is 0 Å². The van der Waals surface area contributed by atoms with Crippen LogP contribution >= 0.6 is 0 Å². The van der Waals surface area contributed by atoms with Crippen LogP contribution in [-0.2, 0) is 9.53 Å². The van der Waals surface area contributed by atoms with Crippen molar-refractivity contribution in [2.75, 3.05) is 14.2 Å². The van der Waals surface area contributed by atoms with Gasteiger partial charge in [-0.05, 0) is 25.1 Å². The topological polar surface area (TPSA) is 61.8 Å². The predicted octanol–water partition coefficient (Wildman–Crippen LogP) is 1.45. The minimum absolute atomic E-state index is 0.385. The molecular weight excluding hydrogens is 224 g/mol. The molecule has 0 N–H and O–H groups in total. The summed E-state index contributed by atoms with van der Waals surface area (Å²) in [6.45, 7) is 1.57. The van der Waals surface area contributed by atoms with Gasteiger partial charge in [0.05, 0.1) is 14.2 Å². The first-order valence-corrected chi connectivity index (χ1v) is 5.00. The summed E-state index contributed by atoms with van der Waals surface area (Å²) in [6.07, 6.45) is -0.0354. The summed E-state index contributed by atoms with van der Waals surface area (Å²) in [5.74, 6) is 0.299. The highest BCUT2D eigenvalue weighted by molar-refractivity contribution is 5.77. The fourth-order valence-electron chi connectivity index (χ4n) is 1.26. The van der Waals surface area contributed by atoms with Crippen LogP contribution in [0, 0.1) is 0 Å². The van der Waals surface area contributed by atoms with Crippen molar-refractivity contribution < 1.29 is 23.8 Å². The maximum atomic E-state index is 11.2. The number of hydrogen-bond donors (Lipinski definition) is 0. The van der Waals surface area contributed by atoms with Crippen molar-refractivity contribution in [1.82, 2.24) is 0 Å². The number of aldehydes is 1. The molecule has 5 heteroatoms. The molecule has 1 atom stereocenters. The summed E-state index contributed by atoms with van der Waals surface area (Å²) in [5.41, 5.74) is 0.472. The number of rotatable bonds is 5. The largest absolute Gasteiger partial charge is 0.493 e. The van der Waals surface area contributed by atoms with E-state index in [4.69, 9.17) is 9.47 Å². The molecule has 0 aliphatic carbocycles. The molecule has 0 amide bonds. The molecule has 0 spiro atoms. The molecule has 0 bridgehead atoms. The van der Waals surface area contributed by atoms with Gasteiger partial charge in [-0.15, -0.1) is 0 Å². The van der Waals surface area contributed by atoms with Crippen LogP contribution < -0.4 is 9.47 Å². The van der Waals surface area contributed by atoms with Gasteiger partial charge in [0.2, 0.25) is 0 Å². The van der Waals surface area contributed by atoms with Crippen LogP contribution in [0.5, 0.6) is 11.5 Å². The zero-order valence-electron chi connectivity index (χ0n) is 9.93. The third kappa shape index (κ3) is 3.21. The second kappa shape index (κ2) is 5.89. The fourth-order valence-corrected chi connectivity index (χ4v) is 1.26. The van der Waals surface area contributed by atoms with E-state index in [0.29, 0.717) is 23.3 Å². The second-order valence-electron chi connectivity index (χ2n) is 3.31. The molecule has 92 valence electrons. The van der Waals surface area contributed by atoms with Crippen LogP contribution in [0.1, 0.15) is 17.3 Å². The fraction of sp³-hybridized carbons (Fsp3) is 0.333. The summed E-state index contributed by atoms with van der Waals surface area (Å²) in [7, 11) is 2.74. The predicted molar refractivity (Wildman–Crippen MR) is 60.5 cm³/mol. The highest BCUT2D eigenvalue weighted by Crippen LogP contribution is 2.28. The van der Waals surface area contributed by atoms with E-state index in [1.165, 1.54) is 20.3 Å². The molecule has 0 heterocycles. The molecule has 0 saturated carbocycles. The Labute approximate surface area is 99.3 Å². The Morgan fingerprint density at radius 1 is 1.29 bits per heavy atom. The van der Waals surface area contributed by atoms with Gasteiger partial charge in [-0.2, -0.15) is 0 Å². The number of carbonyl (C=O) groups excluding carboxylic acids is 2. The van der Waals surface area contributed by atoms with E-state index in [2.05, 4.69) is 4.74 Å². The SMILES string of the molecule is COC(=O)[C@@H](C)Oc1ccc(C=O)cc1OC. The number of ether oxygens (including phenoxy) is 3. The zero-order valence-corrected chi connectivity index (χ0v) is 9.93. The molecule has 1 aromatic carbocycles. The average molecular weight is 238 g/mol. The molecule has 0 aliphatic rings. The first-order valence-electron chi connectivity index (χ1n) is 5.00. The van der Waals surface area contributed by atoms with Crippen LogP contribution in [-0.4, -0.2) is 32.6 Å². The molecule has 0 unspecified atom stereocenters. The lowest BCUT2D eigenvalue weighted by atomic mass is 10.2. The van der Waals surface area contributed by atoms with Crippen LogP contribution in [0.4, 0.5) is 0 Å². The van der Waals surface area contributed by atoms with E-state index in [1.54, 1.807) is 19.1 Å². The van der Waals surface area contributed by atoms with E-state index >= 15 is 0 Å². The molecular formula is C12H14O5. The number of hydrogen-bond acceptors (Lipinski definition) is 5. The zero-order chi connectivity index (χ0) is 12.8. The molecule has 0 aromatic heterocycles. The molecule has 0 radical (unpaired) electrons. The number of benzene rings is 1. The van der Waals surface area contributed by atoms with Gasteiger partial charge in [0, 0.05) is 5.56 Å². The van der Waals surface area contributed by atoms with Gasteiger partial charge in [-0.1, -0.05) is 0 Å². The molecule has 1 rings (SSSR count). The van der Waals surface area contributed by atoms with Crippen molar-refractivity contribution in [3.63, 3.8) is 0 Å². The maximum absolute atomic E-state index is 11.2. The van der Waals surface area contributed by atoms with Crippen LogP contribution in [0.2, 0.25) is 0 Å². The van der Waals surface area contributed by atoms with Crippen molar-refractivity contribution in [1.29, 1.82) is 0 Å². The average Bonchev–Trinajstić information content (AvgIpc) is 2.37. The van der Waals surface area contributed by atoms with Crippen molar-refractivity contribution >= 4 is 12.3 Å². The highest BCUT2D eigenvalue weighted by Gasteiger charge is 2.17. The van der Waals surface area contributed by atoms with Gasteiger partial charge in [-0.25, -0.2) is 4.79 Å². The Bertz CT molecular complexity index is 413. The van der Waals surface area contributed by atoms with Gasteiger partial charge in [0.15, 0.2) is 17.6 Å².